The van der Waals surface area contributed by atoms with Crippen molar-refractivity contribution in [1.82, 2.24) is 20.0 Å². The Kier molecular flexibility index (Phi) is 4.65. The van der Waals surface area contributed by atoms with E-state index in [1.807, 2.05) is 49.8 Å². The third kappa shape index (κ3) is 3.76. The number of aryl methyl sites for hydroxylation is 3. The number of benzene rings is 1. The van der Waals surface area contributed by atoms with Gasteiger partial charge < -0.3 is 9.73 Å². The number of aromatic nitrogens is 4. The molecule has 0 radical (unpaired) electrons. The van der Waals surface area contributed by atoms with E-state index >= 15 is 0 Å². The molecule has 130 valence electrons. The first kappa shape index (κ1) is 16.9. The van der Waals surface area contributed by atoms with Crippen LogP contribution in [0.2, 0.25) is 0 Å². The molecular formula is C18H21N5O2. The van der Waals surface area contributed by atoms with Gasteiger partial charge in [0, 0.05) is 37.3 Å². The molecule has 0 unspecified atom stereocenters. The average molecular weight is 339 g/mol. The zero-order chi connectivity index (χ0) is 18.0. The quantitative estimate of drug-likeness (QED) is 0.772. The molecule has 0 aliphatic carbocycles. The second-order valence-corrected chi connectivity index (χ2v) is 6.02. The lowest BCUT2D eigenvalue weighted by Gasteiger charge is -2.06. The maximum atomic E-state index is 12.2. The maximum absolute atomic E-state index is 12.2. The smallest absolute Gasteiger partial charge is 0.247 e. The molecule has 3 rings (SSSR count). The highest BCUT2D eigenvalue weighted by molar-refractivity contribution is 5.91. The van der Waals surface area contributed by atoms with E-state index in [4.69, 9.17) is 4.42 Å². The average Bonchev–Trinajstić information content (AvgIpc) is 3.11. The first-order chi connectivity index (χ1) is 11.9. The van der Waals surface area contributed by atoms with Gasteiger partial charge >= 0.3 is 0 Å². The summed E-state index contributed by atoms with van der Waals surface area (Å²) in [6.07, 6.45) is 1.09. The van der Waals surface area contributed by atoms with Crippen molar-refractivity contribution in [2.75, 3.05) is 5.32 Å². The highest BCUT2D eigenvalue weighted by Gasteiger charge is 2.12. The summed E-state index contributed by atoms with van der Waals surface area (Å²) in [6, 6.07) is 7.34. The highest BCUT2D eigenvalue weighted by atomic mass is 16.4. The minimum Gasteiger partial charge on any atom is -0.421 e. The SMILES string of the molecule is Cc1nnc(-c2ccc(NC(=O)CCc3c(C)nn(C)c3C)cc2)o1. The molecule has 0 saturated heterocycles. The van der Waals surface area contributed by atoms with E-state index in [1.165, 1.54) is 0 Å². The van der Waals surface area contributed by atoms with Crippen molar-refractivity contribution < 1.29 is 9.21 Å². The number of anilines is 1. The van der Waals surface area contributed by atoms with Crippen LogP contribution in [0.1, 0.15) is 29.3 Å². The van der Waals surface area contributed by atoms with Crippen molar-refractivity contribution in [3.05, 3.63) is 47.1 Å². The van der Waals surface area contributed by atoms with Crippen LogP contribution in [-0.2, 0) is 18.3 Å². The first-order valence-corrected chi connectivity index (χ1v) is 8.13. The monoisotopic (exact) mass is 339 g/mol. The molecule has 1 aromatic carbocycles. The number of carbonyl (C=O) groups excluding carboxylic acids is 1. The molecule has 0 saturated carbocycles. The third-order valence-electron chi connectivity index (χ3n) is 4.20. The minimum absolute atomic E-state index is 0.0240. The molecule has 0 atom stereocenters. The molecule has 3 aromatic rings. The predicted molar refractivity (Wildman–Crippen MR) is 94.1 cm³/mol. The Morgan fingerprint density at radius 3 is 2.44 bits per heavy atom. The number of nitrogens with zero attached hydrogens (tertiary/aromatic N) is 4. The summed E-state index contributed by atoms with van der Waals surface area (Å²) >= 11 is 0. The first-order valence-electron chi connectivity index (χ1n) is 8.13. The Balaban J connectivity index is 1.59. The molecule has 0 aliphatic heterocycles. The molecule has 0 spiro atoms. The highest BCUT2D eigenvalue weighted by Crippen LogP contribution is 2.20. The van der Waals surface area contributed by atoms with E-state index in [0.717, 1.165) is 28.2 Å². The van der Waals surface area contributed by atoms with Gasteiger partial charge in [0.15, 0.2) is 0 Å². The van der Waals surface area contributed by atoms with Gasteiger partial charge in [-0.15, -0.1) is 10.2 Å². The summed E-state index contributed by atoms with van der Waals surface area (Å²) in [5.41, 5.74) is 4.78. The molecule has 7 nitrogen and oxygen atoms in total. The summed E-state index contributed by atoms with van der Waals surface area (Å²) in [5.74, 6) is 0.968. The number of nitrogens with one attached hydrogen (secondary N) is 1. The number of amides is 1. The van der Waals surface area contributed by atoms with Gasteiger partial charge in [0.25, 0.3) is 0 Å². The molecule has 0 fully saturated rings. The lowest BCUT2D eigenvalue weighted by molar-refractivity contribution is -0.116. The van der Waals surface area contributed by atoms with E-state index in [-0.39, 0.29) is 5.91 Å². The number of rotatable bonds is 5. The van der Waals surface area contributed by atoms with Crippen molar-refractivity contribution >= 4 is 11.6 Å². The van der Waals surface area contributed by atoms with Crippen LogP contribution >= 0.6 is 0 Å². The molecule has 2 heterocycles. The second kappa shape index (κ2) is 6.88. The zero-order valence-electron chi connectivity index (χ0n) is 14.8. The van der Waals surface area contributed by atoms with Crippen LogP contribution in [0.5, 0.6) is 0 Å². The standard InChI is InChI=1S/C18H21N5O2/c1-11-16(12(2)23(4)22-11)9-10-17(24)19-15-7-5-14(6-8-15)18-21-20-13(3)25-18/h5-8H,9-10H2,1-4H3,(H,19,24). The lowest BCUT2D eigenvalue weighted by atomic mass is 10.1. The Morgan fingerprint density at radius 1 is 1.16 bits per heavy atom. The minimum atomic E-state index is -0.0240. The van der Waals surface area contributed by atoms with Crippen molar-refractivity contribution in [3.8, 4) is 11.5 Å². The second-order valence-electron chi connectivity index (χ2n) is 6.02. The summed E-state index contributed by atoms with van der Waals surface area (Å²) < 4.78 is 7.23. The summed E-state index contributed by atoms with van der Waals surface area (Å²) in [4.78, 5) is 12.2. The van der Waals surface area contributed by atoms with Gasteiger partial charge in [0.05, 0.1) is 5.69 Å². The van der Waals surface area contributed by atoms with E-state index in [1.54, 1.807) is 6.92 Å². The summed E-state index contributed by atoms with van der Waals surface area (Å²) in [5, 5.41) is 15.1. The topological polar surface area (TPSA) is 85.8 Å². The Bertz CT molecular complexity index is 893. The van der Waals surface area contributed by atoms with Gasteiger partial charge in [-0.25, -0.2) is 0 Å². The van der Waals surface area contributed by atoms with E-state index < -0.39 is 0 Å². The van der Waals surface area contributed by atoms with Crippen LogP contribution in [-0.4, -0.2) is 25.9 Å². The number of hydrogen-bond acceptors (Lipinski definition) is 5. The molecule has 1 amide bonds. The lowest BCUT2D eigenvalue weighted by Crippen LogP contribution is -2.12. The van der Waals surface area contributed by atoms with Crippen molar-refractivity contribution in [1.29, 1.82) is 0 Å². The maximum Gasteiger partial charge on any atom is 0.247 e. The molecule has 1 N–H and O–H groups in total. The van der Waals surface area contributed by atoms with Crippen molar-refractivity contribution in [2.45, 2.75) is 33.6 Å². The van der Waals surface area contributed by atoms with Gasteiger partial charge in [-0.3, -0.25) is 9.48 Å². The van der Waals surface area contributed by atoms with Crippen LogP contribution in [0.4, 0.5) is 5.69 Å². The van der Waals surface area contributed by atoms with Crippen LogP contribution in [0.25, 0.3) is 11.5 Å². The Hall–Kier alpha value is -2.96. The van der Waals surface area contributed by atoms with E-state index in [9.17, 15) is 4.79 Å². The fourth-order valence-corrected chi connectivity index (χ4v) is 2.75. The third-order valence-corrected chi connectivity index (χ3v) is 4.20. The Morgan fingerprint density at radius 2 is 1.88 bits per heavy atom. The van der Waals surface area contributed by atoms with Crippen molar-refractivity contribution in [3.63, 3.8) is 0 Å². The normalized spacial score (nSPS) is 10.9. The zero-order valence-corrected chi connectivity index (χ0v) is 14.8. The predicted octanol–water partition coefficient (Wildman–Crippen LogP) is 2.97. The van der Waals surface area contributed by atoms with Gasteiger partial charge in [-0.1, -0.05) is 0 Å². The summed E-state index contributed by atoms with van der Waals surface area (Å²) in [7, 11) is 1.92. The molecule has 0 bridgehead atoms. The van der Waals surface area contributed by atoms with Crippen LogP contribution in [0.15, 0.2) is 28.7 Å². The fraction of sp³-hybridized carbons (Fsp3) is 0.333. The molecule has 0 aliphatic rings. The van der Waals surface area contributed by atoms with Gasteiger partial charge in [-0.05, 0) is 50.1 Å². The van der Waals surface area contributed by atoms with E-state index in [0.29, 0.717) is 24.6 Å². The molecule has 2 aromatic heterocycles. The number of carbonyl (C=O) groups is 1. The van der Waals surface area contributed by atoms with Crippen LogP contribution < -0.4 is 5.32 Å². The summed E-state index contributed by atoms with van der Waals surface area (Å²) in [6.45, 7) is 5.74. The largest absolute Gasteiger partial charge is 0.421 e. The van der Waals surface area contributed by atoms with Crippen LogP contribution in [0.3, 0.4) is 0 Å². The number of hydrogen-bond donors (Lipinski definition) is 1. The molecule has 7 heteroatoms. The van der Waals surface area contributed by atoms with Crippen molar-refractivity contribution in [2.24, 2.45) is 7.05 Å². The van der Waals surface area contributed by atoms with Gasteiger partial charge in [0.2, 0.25) is 17.7 Å². The van der Waals surface area contributed by atoms with Gasteiger partial charge in [0.1, 0.15) is 0 Å². The van der Waals surface area contributed by atoms with Crippen LogP contribution in [0, 0.1) is 20.8 Å². The molecule has 25 heavy (non-hydrogen) atoms. The molecular weight excluding hydrogens is 318 g/mol. The Labute approximate surface area is 146 Å². The fourth-order valence-electron chi connectivity index (χ4n) is 2.75. The van der Waals surface area contributed by atoms with Gasteiger partial charge in [-0.2, -0.15) is 5.10 Å². The van der Waals surface area contributed by atoms with E-state index in [2.05, 4.69) is 20.6 Å².